The van der Waals surface area contributed by atoms with Gasteiger partial charge in [-0.05, 0) is 42.7 Å². The smallest absolute Gasteiger partial charge is 0.00179 e. The fraction of sp³-hybridized carbons (Fsp3) is 0.789. The lowest BCUT2D eigenvalue weighted by Gasteiger charge is -2.43. The molecule has 0 unspecified atom stereocenters. The van der Waals surface area contributed by atoms with Gasteiger partial charge in [0.1, 0.15) is 0 Å². The minimum Gasteiger partial charge on any atom is -0.0965 e. The zero-order valence-corrected chi connectivity index (χ0v) is 14.0. The van der Waals surface area contributed by atoms with Crippen LogP contribution in [0.15, 0.2) is 24.3 Å². The lowest BCUT2D eigenvalue weighted by atomic mass is 9.99. The first-order chi connectivity index (χ1) is 9.86. The third-order valence-electron chi connectivity index (χ3n) is 5.80. The highest BCUT2D eigenvalue weighted by molar-refractivity contribution is 7.60. The Labute approximate surface area is 126 Å². The molecule has 3 aliphatic rings. The van der Waals surface area contributed by atoms with Gasteiger partial charge in [0, 0.05) is 5.92 Å². The molecule has 1 heteroatoms. The van der Waals surface area contributed by atoms with Crippen LogP contribution in [0.2, 0.25) is 0 Å². The molecule has 3 aliphatic carbocycles. The van der Waals surface area contributed by atoms with Gasteiger partial charge in [-0.1, -0.05) is 77.7 Å². The summed E-state index contributed by atoms with van der Waals surface area (Å²) >= 11 is 0. The molecule has 3 rings (SSSR count). The highest BCUT2D eigenvalue weighted by atomic mass is 31.1. The van der Waals surface area contributed by atoms with Gasteiger partial charge >= 0.3 is 0 Å². The van der Waals surface area contributed by atoms with Gasteiger partial charge in [0.05, 0.1) is 0 Å². The molecule has 0 heterocycles. The predicted octanol–water partition coefficient (Wildman–Crippen LogP) is 6.26. The van der Waals surface area contributed by atoms with E-state index in [-0.39, 0.29) is 7.92 Å². The highest BCUT2D eigenvalue weighted by Crippen LogP contribution is 2.60. The molecule has 112 valence electrons. The summed E-state index contributed by atoms with van der Waals surface area (Å²) in [4.78, 5) is 0. The zero-order chi connectivity index (χ0) is 13.8. The topological polar surface area (TPSA) is 0 Å². The summed E-state index contributed by atoms with van der Waals surface area (Å²) in [5.74, 6) is 0.755. The summed E-state index contributed by atoms with van der Waals surface area (Å²) < 4.78 is 0. The molecule has 0 spiro atoms. The third kappa shape index (κ3) is 3.38. The maximum absolute atomic E-state index is 2.58. The monoisotopic (exact) mass is 290 g/mol. The van der Waals surface area contributed by atoms with Crippen LogP contribution >= 0.6 is 7.92 Å². The molecule has 0 aliphatic heterocycles. The summed E-state index contributed by atoms with van der Waals surface area (Å²) in [6, 6.07) is 0. The number of hydrogen-bond donors (Lipinski definition) is 0. The fourth-order valence-corrected chi connectivity index (χ4v) is 9.14. The minimum absolute atomic E-state index is 0.228. The first-order valence-corrected chi connectivity index (χ1v) is 10.5. The molecular weight excluding hydrogens is 259 g/mol. The molecule has 0 saturated heterocycles. The van der Waals surface area contributed by atoms with Crippen molar-refractivity contribution in [3.8, 4) is 0 Å². The molecule has 0 aromatic heterocycles. The van der Waals surface area contributed by atoms with Crippen LogP contribution in [0.4, 0.5) is 0 Å². The molecule has 0 aromatic carbocycles. The van der Waals surface area contributed by atoms with Gasteiger partial charge in [0.15, 0.2) is 0 Å². The quantitative estimate of drug-likeness (QED) is 0.536. The SMILES string of the molecule is C[C@H](C1C=CC=C1)P(C1CCCCC1)C1CCCCC1. The van der Waals surface area contributed by atoms with Crippen molar-refractivity contribution < 1.29 is 0 Å². The molecule has 20 heavy (non-hydrogen) atoms. The van der Waals surface area contributed by atoms with Crippen LogP contribution in [0.5, 0.6) is 0 Å². The lowest BCUT2D eigenvalue weighted by molar-refractivity contribution is 0.479. The molecule has 0 N–H and O–H groups in total. The Morgan fingerprint density at radius 1 is 0.750 bits per heavy atom. The molecule has 1 atom stereocenters. The van der Waals surface area contributed by atoms with Gasteiger partial charge in [0.25, 0.3) is 0 Å². The van der Waals surface area contributed by atoms with E-state index in [0.717, 1.165) is 22.9 Å². The zero-order valence-electron chi connectivity index (χ0n) is 13.1. The van der Waals surface area contributed by atoms with Crippen molar-refractivity contribution in [1.82, 2.24) is 0 Å². The average molecular weight is 290 g/mol. The second kappa shape index (κ2) is 7.26. The Kier molecular flexibility index (Phi) is 5.38. The largest absolute Gasteiger partial charge is 0.0965 e. The van der Waals surface area contributed by atoms with E-state index in [0.29, 0.717) is 0 Å². The fourth-order valence-electron chi connectivity index (χ4n) is 4.69. The van der Waals surface area contributed by atoms with E-state index in [9.17, 15) is 0 Å². The summed E-state index contributed by atoms with van der Waals surface area (Å²) in [6.07, 6.45) is 24.7. The van der Waals surface area contributed by atoms with Gasteiger partial charge in [-0.3, -0.25) is 0 Å². The van der Waals surface area contributed by atoms with E-state index in [1.165, 1.54) is 38.5 Å². The first-order valence-electron chi connectivity index (χ1n) is 8.98. The molecule has 0 amide bonds. The van der Waals surface area contributed by atoms with Crippen LogP contribution in [0.1, 0.15) is 71.1 Å². The minimum atomic E-state index is 0.228. The normalized spacial score (nSPS) is 27.5. The van der Waals surface area contributed by atoms with Crippen molar-refractivity contribution >= 4 is 7.92 Å². The Morgan fingerprint density at radius 3 is 1.65 bits per heavy atom. The van der Waals surface area contributed by atoms with Crippen molar-refractivity contribution in [2.24, 2.45) is 5.92 Å². The Bertz CT molecular complexity index is 315. The molecule has 0 radical (unpaired) electrons. The molecule has 2 fully saturated rings. The molecular formula is C19H31P. The van der Waals surface area contributed by atoms with Crippen molar-refractivity contribution in [2.45, 2.75) is 88.1 Å². The maximum Gasteiger partial charge on any atom is 0.00179 e. The van der Waals surface area contributed by atoms with Crippen LogP contribution in [0.3, 0.4) is 0 Å². The van der Waals surface area contributed by atoms with Gasteiger partial charge in [-0.2, -0.15) is 0 Å². The Balaban J connectivity index is 1.73. The van der Waals surface area contributed by atoms with Crippen LogP contribution < -0.4 is 0 Å². The number of rotatable bonds is 4. The van der Waals surface area contributed by atoms with E-state index in [1.54, 1.807) is 25.7 Å². The van der Waals surface area contributed by atoms with Gasteiger partial charge in [0.2, 0.25) is 0 Å². The number of allylic oxidation sites excluding steroid dienone is 4. The maximum atomic E-state index is 2.58. The van der Waals surface area contributed by atoms with Gasteiger partial charge in [-0.25, -0.2) is 0 Å². The van der Waals surface area contributed by atoms with Crippen LogP contribution in [-0.4, -0.2) is 17.0 Å². The van der Waals surface area contributed by atoms with Crippen LogP contribution in [0.25, 0.3) is 0 Å². The predicted molar refractivity (Wildman–Crippen MR) is 91.9 cm³/mol. The average Bonchev–Trinajstić information content (AvgIpc) is 3.04. The first kappa shape index (κ1) is 14.8. The van der Waals surface area contributed by atoms with E-state index in [2.05, 4.69) is 31.2 Å². The van der Waals surface area contributed by atoms with E-state index in [1.807, 2.05) is 0 Å². The van der Waals surface area contributed by atoms with Crippen LogP contribution in [0, 0.1) is 5.92 Å². The summed E-state index contributed by atoms with van der Waals surface area (Å²) in [7, 11) is 0.228. The second-order valence-corrected chi connectivity index (χ2v) is 10.3. The Morgan fingerprint density at radius 2 is 1.20 bits per heavy atom. The van der Waals surface area contributed by atoms with Crippen molar-refractivity contribution in [3.63, 3.8) is 0 Å². The number of hydrogen-bond acceptors (Lipinski definition) is 0. The highest BCUT2D eigenvalue weighted by Gasteiger charge is 2.36. The van der Waals surface area contributed by atoms with Gasteiger partial charge < -0.3 is 0 Å². The van der Waals surface area contributed by atoms with Gasteiger partial charge in [-0.15, -0.1) is 0 Å². The molecule has 0 aromatic rings. The van der Waals surface area contributed by atoms with Crippen LogP contribution in [-0.2, 0) is 0 Å². The van der Waals surface area contributed by atoms with E-state index in [4.69, 9.17) is 0 Å². The third-order valence-corrected chi connectivity index (χ3v) is 9.80. The summed E-state index contributed by atoms with van der Waals surface area (Å²) in [6.45, 7) is 2.58. The molecule has 2 saturated carbocycles. The van der Waals surface area contributed by atoms with E-state index >= 15 is 0 Å². The van der Waals surface area contributed by atoms with Crippen molar-refractivity contribution in [1.29, 1.82) is 0 Å². The second-order valence-electron chi connectivity index (χ2n) is 7.12. The lowest BCUT2D eigenvalue weighted by Crippen LogP contribution is -2.28. The van der Waals surface area contributed by atoms with Crippen molar-refractivity contribution in [2.75, 3.05) is 0 Å². The summed E-state index contributed by atoms with van der Waals surface area (Å²) in [5.41, 5.74) is 3.12. The molecule has 0 nitrogen and oxygen atoms in total. The van der Waals surface area contributed by atoms with Crippen molar-refractivity contribution in [3.05, 3.63) is 24.3 Å². The standard InChI is InChI=1S/C19H31P/c1-16(17-10-8-9-11-17)20(18-12-4-2-5-13-18)19-14-6-3-7-15-19/h8-11,16-19H,2-7,12-15H2,1H3/t16-/m1/s1. The molecule has 0 bridgehead atoms. The Hall–Kier alpha value is -0.0900. The van der Waals surface area contributed by atoms with E-state index < -0.39 is 0 Å². The summed E-state index contributed by atoms with van der Waals surface area (Å²) in [5, 5.41) is 0.